The SMILES string of the molecule is O=C(O)CC1CSCCN1S(=O)(=O)NCC(F)(F)F. The third kappa shape index (κ3) is 5.55. The molecule has 6 nitrogen and oxygen atoms in total. The summed E-state index contributed by atoms with van der Waals surface area (Å²) in [6.45, 7) is -1.67. The minimum absolute atomic E-state index is 0.00416. The summed E-state index contributed by atoms with van der Waals surface area (Å²) < 4.78 is 61.8. The van der Waals surface area contributed by atoms with Gasteiger partial charge in [0.15, 0.2) is 0 Å². The van der Waals surface area contributed by atoms with E-state index in [2.05, 4.69) is 0 Å². The first-order chi connectivity index (χ1) is 8.62. The third-order valence-electron chi connectivity index (χ3n) is 2.35. The van der Waals surface area contributed by atoms with Crippen molar-refractivity contribution in [2.75, 3.05) is 24.6 Å². The predicted octanol–water partition coefficient (Wildman–Crippen LogP) is 0.275. The Balaban J connectivity index is 2.75. The van der Waals surface area contributed by atoms with Crippen LogP contribution in [0.3, 0.4) is 0 Å². The van der Waals surface area contributed by atoms with E-state index in [1.807, 2.05) is 0 Å². The molecule has 1 aliphatic rings. The number of nitrogens with zero attached hydrogens (tertiary/aromatic N) is 1. The first-order valence-electron chi connectivity index (χ1n) is 5.24. The zero-order chi connectivity index (χ0) is 14.7. The Hall–Kier alpha value is -0.520. The van der Waals surface area contributed by atoms with Crippen LogP contribution in [0.5, 0.6) is 0 Å². The molecule has 1 unspecified atom stereocenters. The van der Waals surface area contributed by atoms with Crippen molar-refractivity contribution < 1.29 is 31.5 Å². The fraction of sp³-hybridized carbons (Fsp3) is 0.875. The minimum Gasteiger partial charge on any atom is -0.481 e. The van der Waals surface area contributed by atoms with Crippen molar-refractivity contribution >= 4 is 27.9 Å². The van der Waals surface area contributed by atoms with Crippen LogP contribution in [-0.2, 0) is 15.0 Å². The Morgan fingerprint density at radius 3 is 2.63 bits per heavy atom. The number of nitrogens with one attached hydrogen (secondary N) is 1. The summed E-state index contributed by atoms with van der Waals surface area (Å²) in [4.78, 5) is 10.6. The molecular weight excluding hydrogens is 309 g/mol. The Kier molecular flexibility index (Phi) is 5.47. The normalized spacial score (nSPS) is 22.4. The van der Waals surface area contributed by atoms with E-state index < -0.39 is 41.4 Å². The van der Waals surface area contributed by atoms with Crippen molar-refractivity contribution in [3.05, 3.63) is 0 Å². The number of aliphatic carboxylic acids is 1. The van der Waals surface area contributed by atoms with Gasteiger partial charge < -0.3 is 5.11 Å². The first-order valence-corrected chi connectivity index (χ1v) is 7.84. The van der Waals surface area contributed by atoms with Gasteiger partial charge in [0.05, 0.1) is 6.42 Å². The maximum atomic E-state index is 12.0. The van der Waals surface area contributed by atoms with E-state index in [-0.39, 0.29) is 12.3 Å². The molecule has 112 valence electrons. The highest BCUT2D eigenvalue weighted by Crippen LogP contribution is 2.22. The van der Waals surface area contributed by atoms with E-state index in [0.29, 0.717) is 5.75 Å². The number of halogens is 3. The van der Waals surface area contributed by atoms with Gasteiger partial charge in [-0.1, -0.05) is 0 Å². The molecule has 1 fully saturated rings. The van der Waals surface area contributed by atoms with Crippen LogP contribution in [0.25, 0.3) is 0 Å². The molecule has 11 heteroatoms. The van der Waals surface area contributed by atoms with Crippen LogP contribution in [0.2, 0.25) is 0 Å². The lowest BCUT2D eigenvalue weighted by molar-refractivity contribution is -0.138. The van der Waals surface area contributed by atoms with Crippen molar-refractivity contribution in [3.8, 4) is 0 Å². The summed E-state index contributed by atoms with van der Waals surface area (Å²) in [5.41, 5.74) is 0. The standard InChI is InChI=1S/C8H13F3N2O4S2/c9-8(10,11)5-12-19(16,17)13-1-2-18-4-6(13)3-7(14)15/h6,12H,1-5H2,(H,14,15). The maximum Gasteiger partial charge on any atom is 0.402 e. The number of hydrogen-bond acceptors (Lipinski definition) is 4. The van der Waals surface area contributed by atoms with Crippen molar-refractivity contribution in [3.63, 3.8) is 0 Å². The molecule has 0 saturated carbocycles. The van der Waals surface area contributed by atoms with E-state index in [4.69, 9.17) is 5.11 Å². The molecule has 0 aliphatic carbocycles. The Morgan fingerprint density at radius 2 is 2.11 bits per heavy atom. The highest BCUT2D eigenvalue weighted by Gasteiger charge is 2.36. The van der Waals surface area contributed by atoms with Gasteiger partial charge in [-0.15, -0.1) is 0 Å². The van der Waals surface area contributed by atoms with Crippen molar-refractivity contribution in [2.24, 2.45) is 0 Å². The van der Waals surface area contributed by atoms with E-state index in [1.165, 1.54) is 16.5 Å². The van der Waals surface area contributed by atoms with Crippen molar-refractivity contribution in [1.82, 2.24) is 9.03 Å². The number of carbonyl (C=O) groups is 1. The summed E-state index contributed by atoms with van der Waals surface area (Å²) >= 11 is 1.37. The van der Waals surface area contributed by atoms with Crippen LogP contribution >= 0.6 is 11.8 Å². The Labute approximate surface area is 112 Å². The number of rotatable bonds is 5. The number of carboxylic acid groups (broad SMARTS) is 1. The molecule has 1 atom stereocenters. The molecule has 0 bridgehead atoms. The number of thioether (sulfide) groups is 1. The summed E-state index contributed by atoms with van der Waals surface area (Å²) in [6.07, 6.45) is -5.08. The minimum atomic E-state index is -4.65. The summed E-state index contributed by atoms with van der Waals surface area (Å²) in [5, 5.41) is 8.68. The van der Waals surface area contributed by atoms with Gasteiger partial charge >= 0.3 is 12.1 Å². The van der Waals surface area contributed by atoms with Gasteiger partial charge in [-0.05, 0) is 0 Å². The molecule has 0 radical (unpaired) electrons. The average Bonchev–Trinajstić information content (AvgIpc) is 2.25. The smallest absolute Gasteiger partial charge is 0.402 e. The van der Waals surface area contributed by atoms with E-state index in [1.54, 1.807) is 0 Å². The molecule has 2 N–H and O–H groups in total. The lowest BCUT2D eigenvalue weighted by Crippen LogP contribution is -2.52. The largest absolute Gasteiger partial charge is 0.481 e. The molecule has 19 heavy (non-hydrogen) atoms. The maximum absolute atomic E-state index is 12.0. The molecule has 1 saturated heterocycles. The second-order valence-electron chi connectivity index (χ2n) is 3.88. The summed E-state index contributed by atoms with van der Waals surface area (Å²) in [6, 6.07) is -0.831. The molecule has 1 rings (SSSR count). The van der Waals surface area contributed by atoms with Crippen molar-refractivity contribution in [2.45, 2.75) is 18.6 Å². The van der Waals surface area contributed by atoms with Crippen molar-refractivity contribution in [1.29, 1.82) is 0 Å². The Bertz CT molecular complexity index is 426. The zero-order valence-corrected chi connectivity index (χ0v) is 11.3. The summed E-state index contributed by atoms with van der Waals surface area (Å²) in [7, 11) is -4.32. The van der Waals surface area contributed by atoms with E-state index in [0.717, 1.165) is 4.31 Å². The number of hydrogen-bond donors (Lipinski definition) is 2. The monoisotopic (exact) mass is 322 g/mol. The van der Waals surface area contributed by atoms with E-state index in [9.17, 15) is 26.4 Å². The molecule has 1 aliphatic heterocycles. The predicted molar refractivity (Wildman–Crippen MR) is 63.0 cm³/mol. The molecule has 0 aromatic heterocycles. The second-order valence-corrected chi connectivity index (χ2v) is 6.74. The van der Waals surface area contributed by atoms with Gasteiger partial charge in [0.25, 0.3) is 10.2 Å². The van der Waals surface area contributed by atoms with Gasteiger partial charge in [0, 0.05) is 24.1 Å². The molecule has 0 spiro atoms. The molecular formula is C8H13F3N2O4S2. The van der Waals surface area contributed by atoms with Gasteiger partial charge in [-0.2, -0.15) is 42.4 Å². The van der Waals surface area contributed by atoms with E-state index >= 15 is 0 Å². The highest BCUT2D eigenvalue weighted by atomic mass is 32.2. The number of alkyl halides is 3. The quantitative estimate of drug-likeness (QED) is 0.759. The average molecular weight is 322 g/mol. The molecule has 1 heterocycles. The highest BCUT2D eigenvalue weighted by molar-refractivity contribution is 7.99. The second kappa shape index (κ2) is 6.29. The lowest BCUT2D eigenvalue weighted by Gasteiger charge is -2.33. The third-order valence-corrected chi connectivity index (χ3v) is 5.05. The molecule has 0 aromatic rings. The summed E-state index contributed by atoms with van der Waals surface area (Å²) in [5.74, 6) is -0.522. The molecule has 0 aromatic carbocycles. The van der Waals surface area contributed by atoms with Gasteiger partial charge in [-0.25, -0.2) is 0 Å². The fourth-order valence-electron chi connectivity index (χ4n) is 1.57. The van der Waals surface area contributed by atoms with Gasteiger partial charge in [0.2, 0.25) is 0 Å². The Morgan fingerprint density at radius 1 is 1.47 bits per heavy atom. The van der Waals surface area contributed by atoms with Gasteiger partial charge in [-0.3, -0.25) is 4.79 Å². The van der Waals surface area contributed by atoms with Crippen LogP contribution in [0, 0.1) is 0 Å². The number of carboxylic acids is 1. The van der Waals surface area contributed by atoms with Crippen LogP contribution < -0.4 is 4.72 Å². The fourth-order valence-corrected chi connectivity index (χ4v) is 4.23. The van der Waals surface area contributed by atoms with Crippen LogP contribution in [0.15, 0.2) is 0 Å². The van der Waals surface area contributed by atoms with Crippen LogP contribution in [0.1, 0.15) is 6.42 Å². The topological polar surface area (TPSA) is 86.7 Å². The van der Waals surface area contributed by atoms with Crippen LogP contribution in [0.4, 0.5) is 13.2 Å². The zero-order valence-electron chi connectivity index (χ0n) is 9.68. The first kappa shape index (κ1) is 16.5. The lowest BCUT2D eigenvalue weighted by atomic mass is 10.2. The van der Waals surface area contributed by atoms with Gasteiger partial charge in [0.1, 0.15) is 6.54 Å². The molecule has 0 amide bonds. The van der Waals surface area contributed by atoms with Crippen LogP contribution in [-0.4, -0.2) is 60.6 Å².